The van der Waals surface area contributed by atoms with Gasteiger partial charge in [0.05, 0.1) is 32.2 Å². The zero-order valence-corrected chi connectivity index (χ0v) is 19.1. The lowest BCUT2D eigenvalue weighted by molar-refractivity contribution is -0.384. The van der Waals surface area contributed by atoms with Gasteiger partial charge in [-0.3, -0.25) is 14.9 Å². The summed E-state index contributed by atoms with van der Waals surface area (Å²) in [6.45, 7) is 3.96. The number of aromatic nitrogens is 1. The SMILES string of the molecule is CCS(=O)(=O)c1ccc(CC(=O)N2CCN(c3nc4ccc([N+](=O)[O-])cc4s3)CC2)cc1. The third kappa shape index (κ3) is 4.58. The van der Waals surface area contributed by atoms with Crippen molar-refractivity contribution in [2.24, 2.45) is 0 Å². The van der Waals surface area contributed by atoms with Crippen molar-refractivity contribution in [3.05, 3.63) is 58.1 Å². The molecule has 11 heteroatoms. The largest absolute Gasteiger partial charge is 0.345 e. The lowest BCUT2D eigenvalue weighted by Crippen LogP contribution is -2.49. The molecule has 0 aliphatic carbocycles. The van der Waals surface area contributed by atoms with Crippen molar-refractivity contribution in [3.63, 3.8) is 0 Å². The van der Waals surface area contributed by atoms with Crippen LogP contribution in [0, 0.1) is 10.1 Å². The number of sulfone groups is 1. The van der Waals surface area contributed by atoms with Crippen LogP contribution in [0.15, 0.2) is 47.4 Å². The number of carbonyl (C=O) groups is 1. The van der Waals surface area contributed by atoms with Gasteiger partial charge in [-0.25, -0.2) is 13.4 Å². The molecule has 0 radical (unpaired) electrons. The first kappa shape index (κ1) is 22.2. The van der Waals surface area contributed by atoms with Gasteiger partial charge in [0.2, 0.25) is 5.91 Å². The molecule has 2 heterocycles. The van der Waals surface area contributed by atoms with Crippen LogP contribution in [0.1, 0.15) is 12.5 Å². The summed E-state index contributed by atoms with van der Waals surface area (Å²) in [5, 5.41) is 11.8. The Morgan fingerprint density at radius 2 is 1.81 bits per heavy atom. The Bertz CT molecular complexity index is 1260. The molecule has 9 nitrogen and oxygen atoms in total. The molecular formula is C21H22N4O5S2. The van der Waals surface area contributed by atoms with E-state index in [0.717, 1.165) is 20.9 Å². The molecule has 1 aliphatic heterocycles. The van der Waals surface area contributed by atoms with Crippen molar-refractivity contribution in [1.29, 1.82) is 0 Å². The van der Waals surface area contributed by atoms with Crippen molar-refractivity contribution in [1.82, 2.24) is 9.88 Å². The molecule has 1 amide bonds. The summed E-state index contributed by atoms with van der Waals surface area (Å²) in [6.07, 6.45) is 0.220. The van der Waals surface area contributed by atoms with Gasteiger partial charge >= 0.3 is 0 Å². The second-order valence-corrected chi connectivity index (χ2v) is 10.8. The second kappa shape index (κ2) is 8.83. The highest BCUT2D eigenvalue weighted by atomic mass is 32.2. The third-order valence-electron chi connectivity index (χ3n) is 5.49. The Labute approximate surface area is 189 Å². The van der Waals surface area contributed by atoms with Crippen LogP contribution in [-0.2, 0) is 21.1 Å². The maximum atomic E-state index is 12.7. The predicted octanol–water partition coefficient (Wildman–Crippen LogP) is 2.89. The third-order valence-corrected chi connectivity index (χ3v) is 8.32. The number of benzene rings is 2. The van der Waals surface area contributed by atoms with E-state index in [1.54, 1.807) is 42.2 Å². The van der Waals surface area contributed by atoms with Crippen LogP contribution in [0.25, 0.3) is 10.2 Å². The highest BCUT2D eigenvalue weighted by Crippen LogP contribution is 2.31. The average molecular weight is 475 g/mol. The van der Waals surface area contributed by atoms with Crippen LogP contribution < -0.4 is 4.90 Å². The molecule has 168 valence electrons. The molecule has 1 fully saturated rings. The van der Waals surface area contributed by atoms with E-state index in [-0.39, 0.29) is 28.7 Å². The van der Waals surface area contributed by atoms with Crippen LogP contribution >= 0.6 is 11.3 Å². The van der Waals surface area contributed by atoms with Gasteiger partial charge in [0.15, 0.2) is 15.0 Å². The van der Waals surface area contributed by atoms with E-state index < -0.39 is 14.8 Å². The number of hydrogen-bond donors (Lipinski definition) is 0. The first-order chi connectivity index (χ1) is 15.3. The maximum Gasteiger partial charge on any atom is 0.270 e. The summed E-state index contributed by atoms with van der Waals surface area (Å²) in [6, 6.07) is 11.1. The summed E-state index contributed by atoms with van der Waals surface area (Å²) in [4.78, 5) is 32.0. The quantitative estimate of drug-likeness (QED) is 0.399. The fraction of sp³-hybridized carbons (Fsp3) is 0.333. The molecule has 0 saturated carbocycles. The van der Waals surface area contributed by atoms with Crippen molar-refractivity contribution in [3.8, 4) is 0 Å². The monoisotopic (exact) mass is 474 g/mol. The van der Waals surface area contributed by atoms with E-state index in [9.17, 15) is 23.3 Å². The molecule has 32 heavy (non-hydrogen) atoms. The fourth-order valence-electron chi connectivity index (χ4n) is 3.56. The van der Waals surface area contributed by atoms with Crippen LogP contribution in [0.3, 0.4) is 0 Å². The Balaban J connectivity index is 1.36. The molecule has 1 aliphatic rings. The summed E-state index contributed by atoms with van der Waals surface area (Å²) in [7, 11) is -3.25. The molecule has 3 aromatic rings. The lowest BCUT2D eigenvalue weighted by Gasteiger charge is -2.34. The first-order valence-corrected chi connectivity index (χ1v) is 12.6. The van der Waals surface area contributed by atoms with Crippen molar-refractivity contribution in [2.45, 2.75) is 18.2 Å². The predicted molar refractivity (Wildman–Crippen MR) is 123 cm³/mol. The molecule has 1 saturated heterocycles. The number of carbonyl (C=O) groups excluding carboxylic acids is 1. The van der Waals surface area contributed by atoms with E-state index >= 15 is 0 Å². The maximum absolute atomic E-state index is 12.7. The molecule has 0 bridgehead atoms. The number of hydrogen-bond acceptors (Lipinski definition) is 8. The van der Waals surface area contributed by atoms with Crippen molar-refractivity contribution in [2.75, 3.05) is 36.8 Å². The van der Waals surface area contributed by atoms with Gasteiger partial charge in [0, 0.05) is 38.3 Å². The number of nitro groups is 1. The van der Waals surface area contributed by atoms with E-state index in [1.165, 1.54) is 23.5 Å². The standard InChI is InChI=1S/C21H22N4O5S2/c1-2-32(29,30)17-6-3-15(4-7-17)13-20(26)23-9-11-24(12-10-23)21-22-18-8-5-16(25(27)28)14-19(18)31-21/h3-8,14H,2,9-13H2,1H3. The van der Waals surface area contributed by atoms with Gasteiger partial charge in [0.1, 0.15) is 0 Å². The topological polar surface area (TPSA) is 114 Å². The van der Waals surface area contributed by atoms with Crippen LogP contribution in [0.2, 0.25) is 0 Å². The Morgan fingerprint density at radius 1 is 1.12 bits per heavy atom. The number of nitrogens with zero attached hydrogens (tertiary/aromatic N) is 4. The molecule has 4 rings (SSSR count). The van der Waals surface area contributed by atoms with Crippen molar-refractivity contribution < 1.29 is 18.1 Å². The summed E-state index contributed by atoms with van der Waals surface area (Å²) < 4.78 is 24.6. The molecule has 0 atom stereocenters. The van der Waals surface area contributed by atoms with Gasteiger partial charge < -0.3 is 9.80 Å². The van der Waals surface area contributed by atoms with Crippen molar-refractivity contribution >= 4 is 48.1 Å². The lowest BCUT2D eigenvalue weighted by atomic mass is 10.1. The minimum atomic E-state index is -3.25. The van der Waals surface area contributed by atoms with Gasteiger partial charge in [-0.2, -0.15) is 0 Å². The van der Waals surface area contributed by atoms with Gasteiger partial charge in [0.25, 0.3) is 5.69 Å². The molecule has 0 spiro atoms. The zero-order valence-electron chi connectivity index (χ0n) is 17.4. The van der Waals surface area contributed by atoms with Crippen LogP contribution in [0.4, 0.5) is 10.8 Å². The fourth-order valence-corrected chi connectivity index (χ4v) is 5.50. The van der Waals surface area contributed by atoms with E-state index in [4.69, 9.17) is 0 Å². The van der Waals surface area contributed by atoms with E-state index in [0.29, 0.717) is 26.2 Å². The molecule has 0 unspecified atom stereocenters. The van der Waals surface area contributed by atoms with Crippen LogP contribution in [0.5, 0.6) is 0 Å². The smallest absolute Gasteiger partial charge is 0.270 e. The van der Waals surface area contributed by atoms with Gasteiger partial charge in [-0.05, 0) is 23.8 Å². The number of amides is 1. The molecular weight excluding hydrogens is 452 g/mol. The number of piperazine rings is 1. The zero-order chi connectivity index (χ0) is 22.9. The van der Waals surface area contributed by atoms with E-state index in [1.807, 2.05) is 0 Å². The molecule has 2 aromatic carbocycles. The average Bonchev–Trinajstić information content (AvgIpc) is 3.23. The Kier molecular flexibility index (Phi) is 6.11. The minimum Gasteiger partial charge on any atom is -0.345 e. The highest BCUT2D eigenvalue weighted by Gasteiger charge is 2.24. The van der Waals surface area contributed by atoms with E-state index in [2.05, 4.69) is 9.88 Å². The first-order valence-electron chi connectivity index (χ1n) is 10.2. The highest BCUT2D eigenvalue weighted by molar-refractivity contribution is 7.91. The Hall–Kier alpha value is -3.05. The summed E-state index contributed by atoms with van der Waals surface area (Å²) in [5.41, 5.74) is 1.55. The van der Waals surface area contributed by atoms with Gasteiger partial charge in [-0.15, -0.1) is 0 Å². The number of rotatable bonds is 6. The number of fused-ring (bicyclic) bond motifs is 1. The number of anilines is 1. The number of non-ortho nitro benzene ring substituents is 1. The van der Waals surface area contributed by atoms with Gasteiger partial charge in [-0.1, -0.05) is 30.4 Å². The Morgan fingerprint density at radius 3 is 2.44 bits per heavy atom. The second-order valence-electron chi connectivity index (χ2n) is 7.50. The normalized spacial score (nSPS) is 14.7. The molecule has 1 aromatic heterocycles. The number of thiazole rings is 1. The summed E-state index contributed by atoms with van der Waals surface area (Å²) >= 11 is 1.41. The summed E-state index contributed by atoms with van der Waals surface area (Å²) in [5.74, 6) is 0.0388. The minimum absolute atomic E-state index is 0.00401. The number of nitro benzene ring substituents is 1. The van der Waals surface area contributed by atoms with Crippen LogP contribution in [-0.4, -0.2) is 61.1 Å². The molecule has 0 N–H and O–H groups in total.